The molecule has 2 atom stereocenters. The average molecular weight is 278 g/mol. The molecule has 0 heterocycles. The van der Waals surface area contributed by atoms with Gasteiger partial charge in [0.2, 0.25) is 0 Å². The van der Waals surface area contributed by atoms with Gasteiger partial charge in [-0.3, -0.25) is 0 Å². The number of hydrogen-bond acceptors (Lipinski definition) is 3. The predicted octanol–water partition coefficient (Wildman–Crippen LogP) is 2.66. The van der Waals surface area contributed by atoms with Gasteiger partial charge < -0.3 is 15.6 Å². The van der Waals surface area contributed by atoms with Crippen molar-refractivity contribution in [2.75, 3.05) is 7.11 Å². The molecular weight excluding hydrogens is 257 g/mol. The minimum Gasteiger partial charge on any atom is -0.494 e. The number of rotatable bonds is 5. The van der Waals surface area contributed by atoms with Crippen LogP contribution in [0.1, 0.15) is 31.9 Å². The van der Waals surface area contributed by atoms with Crippen molar-refractivity contribution in [1.82, 2.24) is 0 Å². The molecule has 18 heavy (non-hydrogen) atoms. The lowest BCUT2D eigenvalue weighted by Crippen LogP contribution is -2.27. The lowest BCUT2D eigenvalue weighted by molar-refractivity contribution is 0.121. The lowest BCUT2D eigenvalue weighted by Gasteiger charge is -2.21. The van der Waals surface area contributed by atoms with Crippen molar-refractivity contribution >= 4 is 12.4 Å². The summed E-state index contributed by atoms with van der Waals surface area (Å²) in [5.74, 6) is 0.0654. The van der Waals surface area contributed by atoms with E-state index in [4.69, 9.17) is 10.5 Å². The summed E-state index contributed by atoms with van der Waals surface area (Å²) >= 11 is 0. The van der Waals surface area contributed by atoms with Crippen molar-refractivity contribution < 1.29 is 14.2 Å². The molecule has 0 radical (unpaired) electrons. The highest BCUT2D eigenvalue weighted by Crippen LogP contribution is 2.24. The monoisotopic (exact) mass is 277 g/mol. The fourth-order valence-electron chi connectivity index (χ4n) is 1.74. The van der Waals surface area contributed by atoms with E-state index in [1.165, 1.54) is 19.2 Å². The van der Waals surface area contributed by atoms with Gasteiger partial charge in [0.15, 0.2) is 11.6 Å². The first-order valence-electron chi connectivity index (χ1n) is 5.72. The third-order valence-corrected chi connectivity index (χ3v) is 2.69. The molecule has 0 fully saturated rings. The second-order valence-electron chi connectivity index (χ2n) is 4.62. The van der Waals surface area contributed by atoms with Gasteiger partial charge in [-0.05, 0) is 30.0 Å². The SMILES string of the molecule is COc1ccc([C@@H](N)[C@@H](O)CC(C)C)cc1F.Cl. The Bertz CT molecular complexity index is 374. The van der Waals surface area contributed by atoms with Gasteiger partial charge in [0, 0.05) is 0 Å². The minimum absolute atomic E-state index is 0. The Morgan fingerprint density at radius 2 is 2.00 bits per heavy atom. The molecule has 1 aromatic rings. The van der Waals surface area contributed by atoms with Crippen LogP contribution in [0.2, 0.25) is 0 Å². The zero-order valence-corrected chi connectivity index (χ0v) is 11.7. The number of aliphatic hydroxyl groups excluding tert-OH is 1. The first-order valence-corrected chi connectivity index (χ1v) is 5.72. The van der Waals surface area contributed by atoms with Crippen LogP contribution in [0.25, 0.3) is 0 Å². The van der Waals surface area contributed by atoms with Gasteiger partial charge in [-0.2, -0.15) is 0 Å². The fraction of sp³-hybridized carbons (Fsp3) is 0.538. The Labute approximate surface area is 114 Å². The van der Waals surface area contributed by atoms with Crippen molar-refractivity contribution in [2.24, 2.45) is 11.7 Å². The van der Waals surface area contributed by atoms with Crippen LogP contribution >= 0.6 is 12.4 Å². The molecule has 5 heteroatoms. The number of nitrogens with two attached hydrogens (primary N) is 1. The molecule has 0 amide bonds. The highest BCUT2D eigenvalue weighted by Gasteiger charge is 2.19. The van der Waals surface area contributed by atoms with E-state index < -0.39 is 18.0 Å². The summed E-state index contributed by atoms with van der Waals surface area (Å²) in [6.07, 6.45) is -0.0720. The molecule has 0 unspecified atom stereocenters. The second-order valence-corrected chi connectivity index (χ2v) is 4.62. The molecule has 1 aromatic carbocycles. The molecule has 0 aliphatic rings. The van der Waals surface area contributed by atoms with Gasteiger partial charge in [-0.15, -0.1) is 12.4 Å². The molecule has 1 rings (SSSR count). The van der Waals surface area contributed by atoms with Crippen LogP contribution in [0.5, 0.6) is 5.75 Å². The maximum absolute atomic E-state index is 13.5. The number of benzene rings is 1. The Morgan fingerprint density at radius 1 is 1.39 bits per heavy atom. The Morgan fingerprint density at radius 3 is 2.44 bits per heavy atom. The van der Waals surface area contributed by atoms with E-state index in [1.807, 2.05) is 13.8 Å². The second kappa shape index (κ2) is 7.56. The van der Waals surface area contributed by atoms with Crippen LogP contribution in [0, 0.1) is 11.7 Å². The summed E-state index contributed by atoms with van der Waals surface area (Å²) < 4.78 is 18.3. The molecular formula is C13H21ClFNO2. The van der Waals surface area contributed by atoms with Gasteiger partial charge in [-0.1, -0.05) is 19.9 Å². The zero-order valence-electron chi connectivity index (χ0n) is 10.9. The first-order chi connectivity index (χ1) is 7.95. The fourth-order valence-corrected chi connectivity index (χ4v) is 1.74. The van der Waals surface area contributed by atoms with Crippen molar-refractivity contribution in [2.45, 2.75) is 32.4 Å². The van der Waals surface area contributed by atoms with Crippen molar-refractivity contribution in [1.29, 1.82) is 0 Å². The van der Waals surface area contributed by atoms with Gasteiger partial charge in [0.25, 0.3) is 0 Å². The third kappa shape index (κ3) is 4.44. The third-order valence-electron chi connectivity index (χ3n) is 2.69. The number of ether oxygens (including phenoxy) is 1. The zero-order chi connectivity index (χ0) is 13.0. The molecule has 3 nitrogen and oxygen atoms in total. The molecule has 0 saturated carbocycles. The van der Waals surface area contributed by atoms with Crippen LogP contribution < -0.4 is 10.5 Å². The molecule has 0 aliphatic heterocycles. The van der Waals surface area contributed by atoms with Crippen LogP contribution in [-0.2, 0) is 0 Å². The van der Waals surface area contributed by atoms with Crippen molar-refractivity contribution in [3.05, 3.63) is 29.6 Å². The van der Waals surface area contributed by atoms with Gasteiger partial charge in [0.05, 0.1) is 19.3 Å². The number of methoxy groups -OCH3 is 1. The van der Waals surface area contributed by atoms with E-state index in [-0.39, 0.29) is 18.2 Å². The Hall–Kier alpha value is -0.840. The molecule has 0 bridgehead atoms. The molecule has 0 spiro atoms. The first kappa shape index (κ1) is 17.2. The topological polar surface area (TPSA) is 55.5 Å². The van der Waals surface area contributed by atoms with E-state index in [0.717, 1.165) is 0 Å². The Balaban J connectivity index is 0.00000289. The maximum Gasteiger partial charge on any atom is 0.165 e. The summed E-state index contributed by atoms with van der Waals surface area (Å²) in [5, 5.41) is 9.88. The molecule has 0 aromatic heterocycles. The summed E-state index contributed by atoms with van der Waals surface area (Å²) in [4.78, 5) is 0. The van der Waals surface area contributed by atoms with Gasteiger partial charge in [0.1, 0.15) is 0 Å². The largest absolute Gasteiger partial charge is 0.494 e. The predicted molar refractivity (Wildman–Crippen MR) is 72.6 cm³/mol. The highest BCUT2D eigenvalue weighted by atomic mass is 35.5. The van der Waals surface area contributed by atoms with E-state index in [0.29, 0.717) is 17.9 Å². The molecule has 0 saturated heterocycles. The van der Waals surface area contributed by atoms with Crippen LogP contribution in [0.15, 0.2) is 18.2 Å². The number of halogens is 2. The van der Waals surface area contributed by atoms with Crippen LogP contribution in [-0.4, -0.2) is 18.3 Å². The number of aliphatic hydroxyl groups is 1. The summed E-state index contributed by atoms with van der Waals surface area (Å²) in [7, 11) is 1.41. The molecule has 104 valence electrons. The van der Waals surface area contributed by atoms with Gasteiger partial charge >= 0.3 is 0 Å². The Kier molecular flexibility index (Phi) is 7.21. The van der Waals surface area contributed by atoms with E-state index in [9.17, 15) is 9.50 Å². The van der Waals surface area contributed by atoms with Crippen LogP contribution in [0.3, 0.4) is 0 Å². The van der Waals surface area contributed by atoms with E-state index in [2.05, 4.69) is 0 Å². The van der Waals surface area contributed by atoms with Crippen molar-refractivity contribution in [3.63, 3.8) is 0 Å². The average Bonchev–Trinajstić information content (AvgIpc) is 2.27. The van der Waals surface area contributed by atoms with E-state index in [1.54, 1.807) is 6.07 Å². The summed E-state index contributed by atoms with van der Waals surface area (Å²) in [6.45, 7) is 4.01. The van der Waals surface area contributed by atoms with E-state index >= 15 is 0 Å². The maximum atomic E-state index is 13.5. The van der Waals surface area contributed by atoms with Crippen LogP contribution in [0.4, 0.5) is 4.39 Å². The molecule has 0 aliphatic carbocycles. The smallest absolute Gasteiger partial charge is 0.165 e. The standard InChI is InChI=1S/C13H20FNO2.ClH/c1-8(2)6-11(16)13(15)9-4-5-12(17-3)10(14)7-9;/h4-5,7-8,11,13,16H,6,15H2,1-3H3;1H/t11-,13+;/m0./s1. The number of hydrogen-bond donors (Lipinski definition) is 2. The lowest BCUT2D eigenvalue weighted by atomic mass is 9.95. The van der Waals surface area contributed by atoms with Gasteiger partial charge in [-0.25, -0.2) is 4.39 Å². The summed E-state index contributed by atoms with van der Waals surface area (Å²) in [6, 6.07) is 3.94. The minimum atomic E-state index is -0.664. The van der Waals surface area contributed by atoms with Crippen molar-refractivity contribution in [3.8, 4) is 5.75 Å². The summed E-state index contributed by atoms with van der Waals surface area (Å²) in [5.41, 5.74) is 6.47. The highest BCUT2D eigenvalue weighted by molar-refractivity contribution is 5.85. The molecule has 3 N–H and O–H groups in total. The quantitative estimate of drug-likeness (QED) is 0.870. The normalized spacial score (nSPS) is 13.9.